The van der Waals surface area contributed by atoms with E-state index in [1.165, 1.54) is 36.1 Å². The summed E-state index contributed by atoms with van der Waals surface area (Å²) in [6.45, 7) is 2.24. The minimum Gasteiger partial charge on any atom is -0.364 e. The van der Waals surface area contributed by atoms with E-state index in [0.717, 1.165) is 12.5 Å². The van der Waals surface area contributed by atoms with Crippen LogP contribution in [0.15, 0.2) is 91.0 Å². The van der Waals surface area contributed by atoms with E-state index in [1.807, 2.05) is 0 Å². The summed E-state index contributed by atoms with van der Waals surface area (Å²) < 4.78 is 6.84. The molecular weight excluding hydrogens is 422 g/mol. The standard InChI is InChI=1S/C26H27NO.BrH/c1-4-10-20(11-5-1)18-27-19-21-16-24(27)25(17-21)28-26(22-12-6-2-7-13-22)23-14-8-3-9-15-23;/h1-15,21,24-26H,16-19H2;1H/t21-,24+,25+;/m0./s1. The van der Waals surface area contributed by atoms with Crippen molar-refractivity contribution >= 4 is 17.0 Å². The quantitative estimate of drug-likeness (QED) is 0.455. The molecule has 1 heterocycles. The van der Waals surface area contributed by atoms with Crippen molar-refractivity contribution in [2.45, 2.75) is 37.6 Å². The van der Waals surface area contributed by atoms with Gasteiger partial charge in [0.25, 0.3) is 0 Å². The zero-order valence-corrected chi connectivity index (χ0v) is 18.3. The van der Waals surface area contributed by atoms with Crippen LogP contribution in [0.3, 0.4) is 0 Å². The van der Waals surface area contributed by atoms with E-state index in [-0.39, 0.29) is 23.1 Å². The van der Waals surface area contributed by atoms with Crippen LogP contribution in [0.5, 0.6) is 0 Å². The van der Waals surface area contributed by atoms with Gasteiger partial charge in [-0.05, 0) is 35.4 Å². The zero-order valence-electron chi connectivity index (χ0n) is 16.6. The largest absolute Gasteiger partial charge is 0.364 e. The highest BCUT2D eigenvalue weighted by Crippen LogP contribution is 2.42. The van der Waals surface area contributed by atoms with Gasteiger partial charge in [-0.25, -0.2) is 0 Å². The summed E-state index contributed by atoms with van der Waals surface area (Å²) >= 11 is 0. The van der Waals surface area contributed by atoms with Crippen molar-refractivity contribution in [1.82, 2.24) is 4.90 Å². The second kappa shape index (κ2) is 9.25. The molecule has 2 fully saturated rings. The van der Waals surface area contributed by atoms with Gasteiger partial charge in [-0.2, -0.15) is 0 Å². The van der Waals surface area contributed by atoms with Gasteiger partial charge in [-0.15, -0.1) is 17.0 Å². The van der Waals surface area contributed by atoms with Crippen molar-refractivity contribution < 1.29 is 4.74 Å². The van der Waals surface area contributed by atoms with Gasteiger partial charge < -0.3 is 4.74 Å². The van der Waals surface area contributed by atoms with Crippen LogP contribution >= 0.6 is 17.0 Å². The van der Waals surface area contributed by atoms with Crippen LogP contribution in [-0.2, 0) is 11.3 Å². The van der Waals surface area contributed by atoms with Gasteiger partial charge in [0.05, 0.1) is 6.10 Å². The Balaban J connectivity index is 0.00000205. The molecule has 0 radical (unpaired) electrons. The monoisotopic (exact) mass is 449 g/mol. The number of hydrogen-bond donors (Lipinski definition) is 0. The normalized spacial score (nSPS) is 23.3. The second-order valence-electron chi connectivity index (χ2n) is 8.20. The van der Waals surface area contributed by atoms with Gasteiger partial charge in [0.1, 0.15) is 6.10 Å². The van der Waals surface area contributed by atoms with E-state index < -0.39 is 0 Å². The molecule has 3 aromatic rings. The van der Waals surface area contributed by atoms with E-state index in [1.54, 1.807) is 0 Å². The lowest BCUT2D eigenvalue weighted by Gasteiger charge is -2.35. The molecule has 1 saturated carbocycles. The van der Waals surface area contributed by atoms with Crippen LogP contribution < -0.4 is 0 Å². The predicted octanol–water partition coefficient (Wildman–Crippen LogP) is 6.03. The molecule has 0 aromatic heterocycles. The molecule has 1 saturated heterocycles. The van der Waals surface area contributed by atoms with Crippen LogP contribution in [0.4, 0.5) is 0 Å². The van der Waals surface area contributed by atoms with Gasteiger partial charge in [0.15, 0.2) is 0 Å². The number of ether oxygens (including phenoxy) is 1. The van der Waals surface area contributed by atoms with E-state index >= 15 is 0 Å². The molecule has 150 valence electrons. The summed E-state index contributed by atoms with van der Waals surface area (Å²) in [5.41, 5.74) is 3.88. The molecule has 3 aromatic carbocycles. The van der Waals surface area contributed by atoms with E-state index in [9.17, 15) is 0 Å². The molecule has 3 heteroatoms. The van der Waals surface area contributed by atoms with Crippen molar-refractivity contribution in [3.05, 3.63) is 108 Å². The van der Waals surface area contributed by atoms with Gasteiger partial charge in [-0.1, -0.05) is 91.0 Å². The molecule has 2 aliphatic rings. The highest BCUT2D eigenvalue weighted by atomic mass is 79.9. The number of benzene rings is 3. The highest BCUT2D eigenvalue weighted by molar-refractivity contribution is 8.93. The average molecular weight is 450 g/mol. The van der Waals surface area contributed by atoms with Crippen LogP contribution in [0.25, 0.3) is 0 Å². The lowest BCUT2D eigenvalue weighted by molar-refractivity contribution is -0.0440. The van der Waals surface area contributed by atoms with Gasteiger partial charge in [0.2, 0.25) is 0 Å². The predicted molar refractivity (Wildman–Crippen MR) is 123 cm³/mol. The molecule has 0 unspecified atom stereocenters. The highest BCUT2D eigenvalue weighted by Gasteiger charge is 2.46. The molecule has 0 N–H and O–H groups in total. The van der Waals surface area contributed by atoms with Gasteiger partial charge >= 0.3 is 0 Å². The molecular formula is C26H28BrNO. The number of piperidine rings is 1. The number of hydrogen-bond acceptors (Lipinski definition) is 2. The van der Waals surface area contributed by atoms with Crippen molar-refractivity contribution in [2.75, 3.05) is 6.54 Å². The summed E-state index contributed by atoms with van der Waals surface area (Å²) in [6, 6.07) is 32.7. The first-order chi connectivity index (χ1) is 13.9. The molecule has 1 aliphatic heterocycles. The van der Waals surface area contributed by atoms with E-state index in [0.29, 0.717) is 12.1 Å². The topological polar surface area (TPSA) is 12.5 Å². The first-order valence-electron chi connectivity index (χ1n) is 10.4. The Morgan fingerprint density at radius 3 is 1.86 bits per heavy atom. The number of fused-ring (bicyclic) bond motifs is 2. The maximum atomic E-state index is 6.84. The number of halogens is 1. The minimum absolute atomic E-state index is 0. The smallest absolute Gasteiger partial charge is 0.108 e. The SMILES string of the molecule is Br.c1ccc(CN2C[C@H]3C[C@@H]2[C@H](OC(c2ccccc2)c2ccccc2)C3)cc1. The third-order valence-electron chi connectivity index (χ3n) is 6.28. The molecule has 0 amide bonds. The molecule has 29 heavy (non-hydrogen) atoms. The van der Waals surface area contributed by atoms with Crippen LogP contribution in [0, 0.1) is 5.92 Å². The van der Waals surface area contributed by atoms with Crippen molar-refractivity contribution in [3.63, 3.8) is 0 Å². The fourth-order valence-corrected chi connectivity index (χ4v) is 5.00. The third kappa shape index (κ3) is 4.48. The zero-order chi connectivity index (χ0) is 18.8. The molecule has 2 bridgehead atoms. The summed E-state index contributed by atoms with van der Waals surface area (Å²) in [7, 11) is 0. The maximum absolute atomic E-state index is 6.84. The summed E-state index contributed by atoms with van der Waals surface area (Å²) in [4.78, 5) is 2.64. The minimum atomic E-state index is 0. The molecule has 2 nitrogen and oxygen atoms in total. The first-order valence-corrected chi connectivity index (χ1v) is 10.4. The molecule has 5 rings (SSSR count). The van der Waals surface area contributed by atoms with Crippen LogP contribution in [0.2, 0.25) is 0 Å². The summed E-state index contributed by atoms with van der Waals surface area (Å²) in [5, 5.41) is 0. The Hall–Kier alpha value is -1.94. The number of nitrogens with zero attached hydrogens (tertiary/aromatic N) is 1. The van der Waals surface area contributed by atoms with E-state index in [2.05, 4.69) is 95.9 Å². The fraction of sp³-hybridized carbons (Fsp3) is 0.308. The molecule has 3 atom stereocenters. The van der Waals surface area contributed by atoms with Crippen molar-refractivity contribution in [3.8, 4) is 0 Å². The maximum Gasteiger partial charge on any atom is 0.108 e. The summed E-state index contributed by atoms with van der Waals surface area (Å²) in [5.74, 6) is 0.769. The Morgan fingerprint density at radius 2 is 1.31 bits per heavy atom. The summed E-state index contributed by atoms with van der Waals surface area (Å²) in [6.07, 6.45) is 2.76. The Labute approximate surface area is 184 Å². The second-order valence-corrected chi connectivity index (χ2v) is 8.20. The first kappa shape index (κ1) is 20.3. The third-order valence-corrected chi connectivity index (χ3v) is 6.28. The van der Waals surface area contributed by atoms with Crippen molar-refractivity contribution in [1.29, 1.82) is 0 Å². The Kier molecular flexibility index (Phi) is 6.49. The Morgan fingerprint density at radius 1 is 0.759 bits per heavy atom. The molecule has 0 spiro atoms. The fourth-order valence-electron chi connectivity index (χ4n) is 5.00. The van der Waals surface area contributed by atoms with Crippen molar-refractivity contribution in [2.24, 2.45) is 5.92 Å². The van der Waals surface area contributed by atoms with E-state index in [4.69, 9.17) is 4.74 Å². The Bertz CT molecular complexity index is 847. The van der Waals surface area contributed by atoms with Gasteiger partial charge in [-0.3, -0.25) is 4.90 Å². The van der Waals surface area contributed by atoms with Gasteiger partial charge in [0, 0.05) is 19.1 Å². The average Bonchev–Trinajstić information content (AvgIpc) is 3.34. The lowest BCUT2D eigenvalue weighted by Crippen LogP contribution is -2.42. The number of likely N-dealkylation sites (tertiary alicyclic amines) is 1. The lowest BCUT2D eigenvalue weighted by atomic mass is 10.00. The van der Waals surface area contributed by atoms with Crippen LogP contribution in [-0.4, -0.2) is 23.6 Å². The molecule has 1 aliphatic carbocycles. The van der Waals surface area contributed by atoms with Crippen LogP contribution in [0.1, 0.15) is 35.6 Å². The number of rotatable bonds is 6.